The number of carbonyl (C=O) groups excluding carboxylic acids is 3. The molecule has 0 spiro atoms. The van der Waals surface area contributed by atoms with Crippen molar-refractivity contribution in [2.24, 2.45) is 0 Å². The lowest BCUT2D eigenvalue weighted by molar-refractivity contribution is -0.147. The number of amides is 2. The maximum absolute atomic E-state index is 12.1. The number of carbonyl (C=O) groups is 3. The first-order chi connectivity index (χ1) is 14.0. The summed E-state index contributed by atoms with van der Waals surface area (Å²) in [6.45, 7) is 1.73. The predicted octanol–water partition coefficient (Wildman–Crippen LogP) is 1.47. The van der Waals surface area contributed by atoms with Gasteiger partial charge in [-0.3, -0.25) is 14.4 Å². The average molecular weight is 400 g/mol. The van der Waals surface area contributed by atoms with Gasteiger partial charge in [-0.2, -0.15) is 0 Å². The molecule has 0 fully saturated rings. The third kappa shape index (κ3) is 7.53. The van der Waals surface area contributed by atoms with Crippen LogP contribution in [-0.4, -0.2) is 51.2 Å². The number of hydrogen-bond acceptors (Lipinski definition) is 6. The number of para-hydroxylation sites is 1. The number of nitrogens with one attached hydrogen (secondary N) is 2. The Balaban J connectivity index is 1.62. The molecule has 154 valence electrons. The van der Waals surface area contributed by atoms with Gasteiger partial charge < -0.3 is 24.8 Å². The first-order valence-electron chi connectivity index (χ1n) is 9.02. The highest BCUT2D eigenvalue weighted by molar-refractivity contribution is 5.98. The van der Waals surface area contributed by atoms with Gasteiger partial charge in [0.25, 0.3) is 11.8 Å². The monoisotopic (exact) mass is 400 g/mol. The van der Waals surface area contributed by atoms with Crippen molar-refractivity contribution in [2.75, 3.05) is 33.4 Å². The molecule has 2 aromatic rings. The molecular formula is C21H24N2O6. The molecule has 2 amide bonds. The summed E-state index contributed by atoms with van der Waals surface area (Å²) in [6.07, 6.45) is 0. The summed E-state index contributed by atoms with van der Waals surface area (Å²) in [7, 11) is 1.45. The third-order valence-corrected chi connectivity index (χ3v) is 3.79. The SMILES string of the molecule is COc1ccccc1C(=O)NCC(=O)OCC(=O)NCCOc1cccc(C)c1. The van der Waals surface area contributed by atoms with E-state index in [4.69, 9.17) is 14.2 Å². The van der Waals surface area contributed by atoms with Crippen LogP contribution in [0.25, 0.3) is 0 Å². The van der Waals surface area contributed by atoms with Crippen molar-refractivity contribution in [2.45, 2.75) is 6.92 Å². The molecule has 0 saturated carbocycles. The summed E-state index contributed by atoms with van der Waals surface area (Å²) >= 11 is 0. The summed E-state index contributed by atoms with van der Waals surface area (Å²) in [5.74, 6) is -0.541. The molecule has 0 bridgehead atoms. The molecule has 8 nitrogen and oxygen atoms in total. The minimum atomic E-state index is -0.723. The Morgan fingerprint density at radius 2 is 1.79 bits per heavy atom. The van der Waals surface area contributed by atoms with Crippen LogP contribution < -0.4 is 20.1 Å². The summed E-state index contributed by atoms with van der Waals surface area (Å²) in [4.78, 5) is 35.5. The Morgan fingerprint density at radius 3 is 2.55 bits per heavy atom. The van der Waals surface area contributed by atoms with Gasteiger partial charge >= 0.3 is 5.97 Å². The van der Waals surface area contributed by atoms with Gasteiger partial charge in [0.05, 0.1) is 19.2 Å². The Hall–Kier alpha value is -3.55. The fourth-order valence-corrected chi connectivity index (χ4v) is 2.39. The van der Waals surface area contributed by atoms with Gasteiger partial charge in [-0.05, 0) is 36.8 Å². The van der Waals surface area contributed by atoms with Crippen molar-refractivity contribution < 1.29 is 28.6 Å². The maximum Gasteiger partial charge on any atom is 0.325 e. The molecule has 2 rings (SSSR count). The molecule has 0 aliphatic rings. The zero-order chi connectivity index (χ0) is 21.1. The summed E-state index contributed by atoms with van der Waals surface area (Å²) in [5, 5.41) is 5.01. The second kappa shape index (κ2) is 11.3. The highest BCUT2D eigenvalue weighted by Crippen LogP contribution is 2.16. The van der Waals surface area contributed by atoms with Crippen LogP contribution in [0, 0.1) is 6.92 Å². The molecule has 0 aliphatic carbocycles. The zero-order valence-corrected chi connectivity index (χ0v) is 16.4. The number of esters is 1. The lowest BCUT2D eigenvalue weighted by Crippen LogP contribution is -2.35. The number of ether oxygens (including phenoxy) is 3. The first kappa shape index (κ1) is 21.7. The molecule has 0 heterocycles. The van der Waals surface area contributed by atoms with Crippen molar-refractivity contribution in [1.82, 2.24) is 10.6 Å². The fraction of sp³-hybridized carbons (Fsp3) is 0.286. The van der Waals surface area contributed by atoms with E-state index in [1.807, 2.05) is 31.2 Å². The predicted molar refractivity (Wildman–Crippen MR) is 106 cm³/mol. The van der Waals surface area contributed by atoms with Gasteiger partial charge in [0.15, 0.2) is 6.61 Å². The number of aryl methyl sites for hydroxylation is 1. The van der Waals surface area contributed by atoms with Crippen molar-refractivity contribution >= 4 is 17.8 Å². The van der Waals surface area contributed by atoms with Crippen LogP contribution in [0.5, 0.6) is 11.5 Å². The van der Waals surface area contributed by atoms with E-state index < -0.39 is 24.4 Å². The molecule has 0 aromatic heterocycles. The van der Waals surface area contributed by atoms with Gasteiger partial charge in [0.1, 0.15) is 24.7 Å². The largest absolute Gasteiger partial charge is 0.496 e. The highest BCUT2D eigenvalue weighted by atomic mass is 16.5. The minimum absolute atomic E-state index is 0.273. The molecule has 8 heteroatoms. The molecule has 0 aliphatic heterocycles. The lowest BCUT2D eigenvalue weighted by Gasteiger charge is -2.10. The number of hydrogen-bond donors (Lipinski definition) is 2. The van der Waals surface area contributed by atoms with Crippen LogP contribution >= 0.6 is 0 Å². The molecule has 0 radical (unpaired) electrons. The van der Waals surface area contributed by atoms with Crippen molar-refractivity contribution in [3.8, 4) is 11.5 Å². The average Bonchev–Trinajstić information content (AvgIpc) is 2.73. The third-order valence-electron chi connectivity index (χ3n) is 3.79. The second-order valence-corrected chi connectivity index (χ2v) is 6.06. The van der Waals surface area contributed by atoms with Crippen molar-refractivity contribution in [1.29, 1.82) is 0 Å². The Bertz CT molecular complexity index is 853. The highest BCUT2D eigenvalue weighted by Gasteiger charge is 2.13. The molecular weight excluding hydrogens is 376 g/mol. The maximum atomic E-state index is 12.1. The molecule has 0 atom stereocenters. The van der Waals surface area contributed by atoms with E-state index in [-0.39, 0.29) is 19.7 Å². The van der Waals surface area contributed by atoms with Crippen LogP contribution in [0.3, 0.4) is 0 Å². The molecule has 2 N–H and O–H groups in total. The van der Waals surface area contributed by atoms with E-state index in [2.05, 4.69) is 10.6 Å². The fourth-order valence-electron chi connectivity index (χ4n) is 2.39. The van der Waals surface area contributed by atoms with Gasteiger partial charge in [-0.25, -0.2) is 0 Å². The second-order valence-electron chi connectivity index (χ2n) is 6.06. The standard InChI is InChI=1S/C21H24N2O6/c1-15-6-5-7-16(12-15)28-11-10-22-19(24)14-29-20(25)13-23-21(26)17-8-3-4-9-18(17)27-2/h3-9,12H,10-11,13-14H2,1-2H3,(H,22,24)(H,23,26). The van der Waals surface area contributed by atoms with E-state index in [0.29, 0.717) is 11.3 Å². The number of benzene rings is 2. The van der Waals surface area contributed by atoms with E-state index >= 15 is 0 Å². The van der Waals surface area contributed by atoms with Gasteiger partial charge in [-0.15, -0.1) is 0 Å². The zero-order valence-electron chi connectivity index (χ0n) is 16.4. The molecule has 0 saturated heterocycles. The molecule has 29 heavy (non-hydrogen) atoms. The van der Waals surface area contributed by atoms with Crippen LogP contribution in [0.4, 0.5) is 0 Å². The van der Waals surface area contributed by atoms with Crippen LogP contribution in [0.1, 0.15) is 15.9 Å². The lowest BCUT2D eigenvalue weighted by atomic mass is 10.2. The number of methoxy groups -OCH3 is 1. The Labute approximate surface area is 169 Å². The van der Waals surface area contributed by atoms with E-state index in [1.165, 1.54) is 7.11 Å². The molecule has 2 aromatic carbocycles. The minimum Gasteiger partial charge on any atom is -0.496 e. The van der Waals surface area contributed by atoms with E-state index in [1.54, 1.807) is 24.3 Å². The van der Waals surface area contributed by atoms with Gasteiger partial charge in [0, 0.05) is 0 Å². The summed E-state index contributed by atoms with van der Waals surface area (Å²) in [6, 6.07) is 14.2. The van der Waals surface area contributed by atoms with E-state index in [9.17, 15) is 14.4 Å². The van der Waals surface area contributed by atoms with Crippen molar-refractivity contribution in [3.63, 3.8) is 0 Å². The van der Waals surface area contributed by atoms with Crippen LogP contribution in [-0.2, 0) is 14.3 Å². The Kier molecular flexibility index (Phi) is 8.50. The van der Waals surface area contributed by atoms with Gasteiger partial charge in [0.2, 0.25) is 0 Å². The Morgan fingerprint density at radius 1 is 1.00 bits per heavy atom. The van der Waals surface area contributed by atoms with Gasteiger partial charge in [-0.1, -0.05) is 24.3 Å². The first-order valence-corrected chi connectivity index (χ1v) is 9.02. The normalized spacial score (nSPS) is 10.0. The molecule has 0 unspecified atom stereocenters. The summed E-state index contributed by atoms with van der Waals surface area (Å²) < 4.78 is 15.4. The smallest absolute Gasteiger partial charge is 0.325 e. The number of rotatable bonds is 10. The quantitative estimate of drug-likeness (QED) is 0.463. The summed E-state index contributed by atoms with van der Waals surface area (Å²) in [5.41, 5.74) is 1.38. The van der Waals surface area contributed by atoms with Crippen LogP contribution in [0.15, 0.2) is 48.5 Å². The topological polar surface area (TPSA) is 103 Å². The van der Waals surface area contributed by atoms with Crippen LogP contribution in [0.2, 0.25) is 0 Å². The van der Waals surface area contributed by atoms with Crippen molar-refractivity contribution in [3.05, 3.63) is 59.7 Å². The van der Waals surface area contributed by atoms with E-state index in [0.717, 1.165) is 11.3 Å².